The van der Waals surface area contributed by atoms with Crippen molar-refractivity contribution in [3.8, 4) is 5.75 Å². The summed E-state index contributed by atoms with van der Waals surface area (Å²) in [5.41, 5.74) is -0.0900. The van der Waals surface area contributed by atoms with Crippen LogP contribution in [0.2, 0.25) is 0 Å². The molecule has 1 aromatic carbocycles. The first-order valence-corrected chi connectivity index (χ1v) is 5.54. The van der Waals surface area contributed by atoms with Gasteiger partial charge in [-0.05, 0) is 18.6 Å². The number of carbonyl (C=O) groups excluding carboxylic acids is 2. The Morgan fingerprint density at radius 3 is 2.89 bits per heavy atom. The van der Waals surface area contributed by atoms with Crippen molar-refractivity contribution in [2.24, 2.45) is 0 Å². The molecule has 2 N–H and O–H groups in total. The number of likely N-dealkylation sites (tertiary alicyclic amines) is 1. The fraction of sp³-hybridized carbons (Fsp3) is 0.333. The standard InChI is InChI=1S/C12H13FN2O3/c1-15-10(4-5-11(15)17)12(18)14-9-6-7(16)2-3-8(9)13/h2-3,6,10,16H,4-5H2,1H3,(H,14,18). The minimum atomic E-state index is -0.631. The number of nitrogens with one attached hydrogen (secondary N) is 1. The van der Waals surface area contributed by atoms with E-state index < -0.39 is 17.8 Å². The van der Waals surface area contributed by atoms with E-state index in [-0.39, 0.29) is 17.3 Å². The Bertz CT molecular complexity index is 504. The summed E-state index contributed by atoms with van der Waals surface area (Å²) in [5.74, 6) is -1.32. The van der Waals surface area contributed by atoms with Crippen LogP contribution in [-0.2, 0) is 9.59 Å². The Labute approximate surface area is 103 Å². The van der Waals surface area contributed by atoms with Gasteiger partial charge in [-0.25, -0.2) is 4.39 Å². The third-order valence-corrected chi connectivity index (χ3v) is 3.00. The third kappa shape index (κ3) is 2.27. The molecule has 1 unspecified atom stereocenters. The molecule has 0 spiro atoms. The molecule has 0 saturated carbocycles. The molecule has 2 amide bonds. The number of likely N-dealkylation sites (N-methyl/N-ethyl adjacent to an activating group) is 1. The Hall–Kier alpha value is -2.11. The van der Waals surface area contributed by atoms with Crippen LogP contribution in [0.3, 0.4) is 0 Å². The lowest BCUT2D eigenvalue weighted by Crippen LogP contribution is -2.39. The summed E-state index contributed by atoms with van der Waals surface area (Å²) in [4.78, 5) is 24.5. The van der Waals surface area contributed by atoms with Gasteiger partial charge in [0.2, 0.25) is 11.8 Å². The van der Waals surface area contributed by atoms with Crippen LogP contribution < -0.4 is 5.32 Å². The molecule has 1 fully saturated rings. The predicted molar refractivity (Wildman–Crippen MR) is 62.5 cm³/mol. The van der Waals surface area contributed by atoms with Crippen LogP contribution in [0.25, 0.3) is 0 Å². The van der Waals surface area contributed by atoms with E-state index in [0.717, 1.165) is 12.1 Å². The molecule has 0 bridgehead atoms. The van der Waals surface area contributed by atoms with Crippen molar-refractivity contribution >= 4 is 17.5 Å². The van der Waals surface area contributed by atoms with Gasteiger partial charge in [0.25, 0.3) is 0 Å². The molecule has 18 heavy (non-hydrogen) atoms. The number of aromatic hydroxyl groups is 1. The molecule has 5 nitrogen and oxygen atoms in total. The summed E-state index contributed by atoms with van der Waals surface area (Å²) in [6.07, 6.45) is 0.735. The molecule has 0 radical (unpaired) electrons. The molecule has 1 aliphatic heterocycles. The highest BCUT2D eigenvalue weighted by molar-refractivity contribution is 5.99. The number of anilines is 1. The number of amides is 2. The maximum atomic E-state index is 13.4. The number of benzene rings is 1. The number of rotatable bonds is 2. The number of nitrogens with zero attached hydrogens (tertiary/aromatic N) is 1. The lowest BCUT2D eigenvalue weighted by Gasteiger charge is -2.19. The molecule has 0 aromatic heterocycles. The number of phenolic OH excluding ortho intramolecular Hbond substituents is 1. The number of hydrogen-bond acceptors (Lipinski definition) is 3. The number of phenols is 1. The van der Waals surface area contributed by atoms with E-state index in [0.29, 0.717) is 12.8 Å². The van der Waals surface area contributed by atoms with Crippen LogP contribution in [0.15, 0.2) is 18.2 Å². The molecule has 0 aliphatic carbocycles. The van der Waals surface area contributed by atoms with E-state index in [4.69, 9.17) is 0 Å². The highest BCUT2D eigenvalue weighted by atomic mass is 19.1. The van der Waals surface area contributed by atoms with E-state index in [9.17, 15) is 19.1 Å². The van der Waals surface area contributed by atoms with Gasteiger partial charge in [-0.15, -0.1) is 0 Å². The summed E-state index contributed by atoms with van der Waals surface area (Å²) < 4.78 is 13.4. The van der Waals surface area contributed by atoms with Crippen LogP contribution in [-0.4, -0.2) is 34.9 Å². The van der Waals surface area contributed by atoms with E-state index in [1.807, 2.05) is 0 Å². The summed E-state index contributed by atoms with van der Waals surface area (Å²) >= 11 is 0. The zero-order valence-electron chi connectivity index (χ0n) is 9.81. The third-order valence-electron chi connectivity index (χ3n) is 3.00. The van der Waals surface area contributed by atoms with Crippen molar-refractivity contribution in [2.75, 3.05) is 12.4 Å². The molecule has 2 rings (SSSR count). The van der Waals surface area contributed by atoms with Gasteiger partial charge in [-0.2, -0.15) is 0 Å². The van der Waals surface area contributed by atoms with Crippen molar-refractivity contribution in [2.45, 2.75) is 18.9 Å². The first-order chi connectivity index (χ1) is 8.49. The summed E-state index contributed by atoms with van der Waals surface area (Å²) in [6, 6.07) is 2.80. The average molecular weight is 252 g/mol. The second-order valence-electron chi connectivity index (χ2n) is 4.21. The second-order valence-corrected chi connectivity index (χ2v) is 4.21. The van der Waals surface area contributed by atoms with E-state index in [2.05, 4.69) is 5.32 Å². The molecular formula is C12H13FN2O3. The first-order valence-electron chi connectivity index (χ1n) is 5.54. The maximum Gasteiger partial charge on any atom is 0.247 e. The number of halogens is 1. The summed E-state index contributed by atoms with van der Waals surface area (Å²) in [5, 5.41) is 11.6. The van der Waals surface area contributed by atoms with Gasteiger partial charge < -0.3 is 15.3 Å². The van der Waals surface area contributed by atoms with Gasteiger partial charge in [0.15, 0.2) is 0 Å². The normalized spacial score (nSPS) is 19.1. The summed E-state index contributed by atoms with van der Waals surface area (Å²) in [7, 11) is 1.54. The Kier molecular flexibility index (Phi) is 3.18. The Balaban J connectivity index is 2.12. The van der Waals surface area contributed by atoms with E-state index in [1.54, 1.807) is 7.05 Å². The van der Waals surface area contributed by atoms with Gasteiger partial charge in [0, 0.05) is 19.5 Å². The molecule has 1 aliphatic rings. The van der Waals surface area contributed by atoms with Gasteiger partial charge in [-0.3, -0.25) is 9.59 Å². The molecule has 1 atom stereocenters. The lowest BCUT2D eigenvalue weighted by atomic mass is 10.2. The minimum absolute atomic E-state index is 0.0900. The van der Waals surface area contributed by atoms with Crippen molar-refractivity contribution in [3.63, 3.8) is 0 Å². The first kappa shape index (κ1) is 12.3. The number of carbonyl (C=O) groups is 2. The van der Waals surface area contributed by atoms with E-state index in [1.165, 1.54) is 11.0 Å². The van der Waals surface area contributed by atoms with Gasteiger partial charge in [0.05, 0.1) is 5.69 Å². The van der Waals surface area contributed by atoms with Crippen LogP contribution in [0, 0.1) is 5.82 Å². The van der Waals surface area contributed by atoms with Crippen LogP contribution in [0.5, 0.6) is 5.75 Å². The highest BCUT2D eigenvalue weighted by Gasteiger charge is 2.33. The molecule has 1 saturated heterocycles. The smallest absolute Gasteiger partial charge is 0.247 e. The van der Waals surface area contributed by atoms with Crippen molar-refractivity contribution in [1.82, 2.24) is 4.90 Å². The summed E-state index contributed by atoms with van der Waals surface area (Å²) in [6.45, 7) is 0. The quantitative estimate of drug-likeness (QED) is 0.827. The maximum absolute atomic E-state index is 13.4. The van der Waals surface area contributed by atoms with Gasteiger partial charge >= 0.3 is 0 Å². The SMILES string of the molecule is CN1C(=O)CCC1C(=O)Nc1cc(O)ccc1F. The fourth-order valence-corrected chi connectivity index (χ4v) is 1.94. The van der Waals surface area contributed by atoms with Crippen LogP contribution in [0.4, 0.5) is 10.1 Å². The Morgan fingerprint density at radius 2 is 2.28 bits per heavy atom. The second kappa shape index (κ2) is 4.64. The molecule has 6 heteroatoms. The van der Waals surface area contributed by atoms with Gasteiger partial charge in [0.1, 0.15) is 17.6 Å². The monoisotopic (exact) mass is 252 g/mol. The predicted octanol–water partition coefficient (Wildman–Crippen LogP) is 1.09. The van der Waals surface area contributed by atoms with Crippen molar-refractivity contribution < 1.29 is 19.1 Å². The fourth-order valence-electron chi connectivity index (χ4n) is 1.94. The molecule has 96 valence electrons. The largest absolute Gasteiger partial charge is 0.508 e. The van der Waals surface area contributed by atoms with Crippen molar-refractivity contribution in [1.29, 1.82) is 0 Å². The molecule has 1 aromatic rings. The molecular weight excluding hydrogens is 239 g/mol. The Morgan fingerprint density at radius 1 is 1.56 bits per heavy atom. The van der Waals surface area contributed by atoms with Gasteiger partial charge in [-0.1, -0.05) is 0 Å². The van der Waals surface area contributed by atoms with E-state index >= 15 is 0 Å². The van der Waals surface area contributed by atoms with Crippen LogP contribution in [0.1, 0.15) is 12.8 Å². The topological polar surface area (TPSA) is 69.6 Å². The minimum Gasteiger partial charge on any atom is -0.508 e. The zero-order valence-corrected chi connectivity index (χ0v) is 9.81. The average Bonchev–Trinajstić information content (AvgIpc) is 2.65. The van der Waals surface area contributed by atoms with Crippen molar-refractivity contribution in [3.05, 3.63) is 24.0 Å². The zero-order chi connectivity index (χ0) is 13.3. The number of hydrogen-bond donors (Lipinski definition) is 2. The molecule has 1 heterocycles. The highest BCUT2D eigenvalue weighted by Crippen LogP contribution is 2.22. The lowest BCUT2D eigenvalue weighted by molar-refractivity contribution is -0.131. The van der Waals surface area contributed by atoms with Crippen LogP contribution >= 0.6 is 0 Å².